The zero-order valence-corrected chi connectivity index (χ0v) is 12.6. The highest BCUT2D eigenvalue weighted by Gasteiger charge is 2.41. The van der Waals surface area contributed by atoms with E-state index >= 15 is 0 Å². The van der Waals surface area contributed by atoms with E-state index in [4.69, 9.17) is 0 Å². The van der Waals surface area contributed by atoms with Crippen LogP contribution in [0.1, 0.15) is 38.2 Å². The molecule has 114 valence electrons. The van der Waals surface area contributed by atoms with Crippen molar-refractivity contribution in [3.8, 4) is 5.75 Å². The fourth-order valence-electron chi connectivity index (χ4n) is 2.91. The van der Waals surface area contributed by atoms with Crippen LogP contribution in [0.5, 0.6) is 5.75 Å². The van der Waals surface area contributed by atoms with Crippen LogP contribution < -0.4 is 5.32 Å². The van der Waals surface area contributed by atoms with Crippen molar-refractivity contribution < 1.29 is 9.90 Å². The molecule has 2 amide bonds. The summed E-state index contributed by atoms with van der Waals surface area (Å²) in [7, 11) is 0. The Balaban J connectivity index is 1.49. The van der Waals surface area contributed by atoms with Crippen molar-refractivity contribution in [1.29, 1.82) is 0 Å². The molecule has 0 bridgehead atoms. The summed E-state index contributed by atoms with van der Waals surface area (Å²) in [5.41, 5.74) is 1.13. The number of phenolic OH excluding ortho intramolecular Hbond substituents is 1. The van der Waals surface area contributed by atoms with Crippen molar-refractivity contribution in [3.05, 3.63) is 29.8 Å². The summed E-state index contributed by atoms with van der Waals surface area (Å²) >= 11 is 0. The SMILES string of the molecule is C[C@H](C1CC1)N(C(=O)NCCc1ccc(O)cc1)C1CC1. The van der Waals surface area contributed by atoms with Crippen LogP contribution in [0, 0.1) is 5.92 Å². The highest BCUT2D eigenvalue weighted by molar-refractivity contribution is 5.75. The highest BCUT2D eigenvalue weighted by atomic mass is 16.3. The zero-order valence-electron chi connectivity index (χ0n) is 12.6. The van der Waals surface area contributed by atoms with Crippen molar-refractivity contribution in [3.63, 3.8) is 0 Å². The fraction of sp³-hybridized carbons (Fsp3) is 0.588. The number of aromatic hydroxyl groups is 1. The van der Waals surface area contributed by atoms with E-state index in [0.717, 1.165) is 24.8 Å². The average Bonchev–Trinajstić information content (AvgIpc) is 3.34. The summed E-state index contributed by atoms with van der Waals surface area (Å²) < 4.78 is 0. The molecule has 1 aromatic rings. The fourth-order valence-corrected chi connectivity index (χ4v) is 2.91. The standard InChI is InChI=1S/C17H24N2O2/c1-12(14-4-5-14)19(15-6-7-15)17(21)18-11-10-13-2-8-16(20)9-3-13/h2-3,8-9,12,14-15,20H,4-7,10-11H2,1H3,(H,18,21)/t12-/m1/s1. The number of nitrogens with zero attached hydrogens (tertiary/aromatic N) is 1. The first-order valence-electron chi connectivity index (χ1n) is 7.99. The molecule has 2 aliphatic rings. The van der Waals surface area contributed by atoms with Crippen LogP contribution in [-0.4, -0.2) is 34.7 Å². The molecule has 0 spiro atoms. The third kappa shape index (κ3) is 3.69. The molecule has 0 aliphatic heterocycles. The van der Waals surface area contributed by atoms with E-state index in [0.29, 0.717) is 24.5 Å². The summed E-state index contributed by atoms with van der Waals surface area (Å²) in [6, 6.07) is 8.10. The topological polar surface area (TPSA) is 52.6 Å². The van der Waals surface area contributed by atoms with Gasteiger partial charge in [-0.05, 0) is 62.6 Å². The number of amides is 2. The molecule has 2 aliphatic carbocycles. The number of hydrogen-bond donors (Lipinski definition) is 2. The predicted molar refractivity (Wildman–Crippen MR) is 82.3 cm³/mol. The Morgan fingerprint density at radius 3 is 2.52 bits per heavy atom. The summed E-state index contributed by atoms with van der Waals surface area (Å²) in [5.74, 6) is 0.995. The minimum absolute atomic E-state index is 0.0932. The van der Waals surface area contributed by atoms with Crippen LogP contribution in [0.15, 0.2) is 24.3 Å². The molecule has 3 rings (SSSR count). The minimum atomic E-state index is 0.0932. The summed E-state index contributed by atoms with van der Waals surface area (Å²) in [4.78, 5) is 14.5. The molecule has 2 N–H and O–H groups in total. The van der Waals surface area contributed by atoms with Crippen LogP contribution in [0.4, 0.5) is 4.79 Å². The van der Waals surface area contributed by atoms with E-state index < -0.39 is 0 Å². The van der Waals surface area contributed by atoms with Crippen molar-refractivity contribution in [2.45, 2.75) is 51.1 Å². The molecule has 4 nitrogen and oxygen atoms in total. The van der Waals surface area contributed by atoms with Gasteiger partial charge in [-0.25, -0.2) is 4.79 Å². The number of hydrogen-bond acceptors (Lipinski definition) is 2. The molecule has 0 unspecified atom stereocenters. The second-order valence-corrected chi connectivity index (χ2v) is 6.36. The normalized spacial score (nSPS) is 19.1. The summed E-state index contributed by atoms with van der Waals surface area (Å²) in [6.07, 6.45) is 5.64. The Hall–Kier alpha value is -1.71. The monoisotopic (exact) mass is 288 g/mol. The number of benzene rings is 1. The maximum absolute atomic E-state index is 12.4. The van der Waals surface area contributed by atoms with Gasteiger partial charge in [-0.1, -0.05) is 12.1 Å². The van der Waals surface area contributed by atoms with E-state index in [1.165, 1.54) is 12.8 Å². The Labute approximate surface area is 126 Å². The Morgan fingerprint density at radius 1 is 1.29 bits per heavy atom. The third-order valence-corrected chi connectivity index (χ3v) is 4.54. The molecular formula is C17H24N2O2. The number of urea groups is 1. The van der Waals surface area contributed by atoms with E-state index in [9.17, 15) is 9.90 Å². The number of nitrogens with one attached hydrogen (secondary N) is 1. The Morgan fingerprint density at radius 2 is 1.95 bits per heavy atom. The van der Waals surface area contributed by atoms with Gasteiger partial charge in [0, 0.05) is 18.6 Å². The average molecular weight is 288 g/mol. The Kier molecular flexibility index (Phi) is 4.04. The molecule has 21 heavy (non-hydrogen) atoms. The molecule has 0 heterocycles. The second-order valence-electron chi connectivity index (χ2n) is 6.36. The molecule has 0 aromatic heterocycles. The first kappa shape index (κ1) is 14.2. The third-order valence-electron chi connectivity index (χ3n) is 4.54. The Bertz CT molecular complexity index is 492. The van der Waals surface area contributed by atoms with Crippen LogP contribution in [0.25, 0.3) is 0 Å². The van der Waals surface area contributed by atoms with Gasteiger partial charge in [0.2, 0.25) is 0 Å². The van der Waals surface area contributed by atoms with Crippen molar-refractivity contribution >= 4 is 6.03 Å². The van der Waals surface area contributed by atoms with Gasteiger partial charge in [0.05, 0.1) is 0 Å². The first-order valence-corrected chi connectivity index (χ1v) is 7.99. The van der Waals surface area contributed by atoms with Gasteiger partial charge >= 0.3 is 6.03 Å². The number of carbonyl (C=O) groups is 1. The molecular weight excluding hydrogens is 264 g/mol. The van der Waals surface area contributed by atoms with E-state index in [-0.39, 0.29) is 11.8 Å². The van der Waals surface area contributed by atoms with Gasteiger partial charge in [-0.3, -0.25) is 0 Å². The lowest BCUT2D eigenvalue weighted by molar-refractivity contribution is 0.167. The van der Waals surface area contributed by atoms with Gasteiger partial charge < -0.3 is 15.3 Å². The van der Waals surface area contributed by atoms with E-state index in [2.05, 4.69) is 17.1 Å². The van der Waals surface area contributed by atoms with Crippen molar-refractivity contribution in [2.75, 3.05) is 6.54 Å². The largest absolute Gasteiger partial charge is 0.508 e. The van der Waals surface area contributed by atoms with Gasteiger partial charge in [0.1, 0.15) is 5.75 Å². The van der Waals surface area contributed by atoms with Crippen LogP contribution in [-0.2, 0) is 6.42 Å². The maximum Gasteiger partial charge on any atom is 0.317 e. The number of rotatable bonds is 6. The quantitative estimate of drug-likeness (QED) is 0.845. The molecule has 0 saturated heterocycles. The predicted octanol–water partition coefficient (Wildman–Crippen LogP) is 2.91. The van der Waals surface area contributed by atoms with Crippen LogP contribution in [0.3, 0.4) is 0 Å². The van der Waals surface area contributed by atoms with Crippen LogP contribution >= 0.6 is 0 Å². The van der Waals surface area contributed by atoms with Gasteiger partial charge in [-0.2, -0.15) is 0 Å². The van der Waals surface area contributed by atoms with Gasteiger partial charge in [0.25, 0.3) is 0 Å². The lowest BCUT2D eigenvalue weighted by atomic mass is 10.1. The van der Waals surface area contributed by atoms with E-state index in [1.54, 1.807) is 12.1 Å². The minimum Gasteiger partial charge on any atom is -0.508 e. The smallest absolute Gasteiger partial charge is 0.317 e. The van der Waals surface area contributed by atoms with Gasteiger partial charge in [0.15, 0.2) is 0 Å². The molecule has 4 heteroatoms. The number of carbonyl (C=O) groups excluding carboxylic acids is 1. The summed E-state index contributed by atoms with van der Waals surface area (Å²) in [6.45, 7) is 2.83. The summed E-state index contributed by atoms with van der Waals surface area (Å²) in [5, 5.41) is 12.3. The number of phenols is 1. The van der Waals surface area contributed by atoms with Crippen LogP contribution in [0.2, 0.25) is 0 Å². The highest BCUT2D eigenvalue weighted by Crippen LogP contribution is 2.39. The second kappa shape index (κ2) is 5.96. The molecule has 2 fully saturated rings. The molecule has 1 aromatic carbocycles. The van der Waals surface area contributed by atoms with Gasteiger partial charge in [-0.15, -0.1) is 0 Å². The maximum atomic E-state index is 12.4. The lowest BCUT2D eigenvalue weighted by Gasteiger charge is -2.29. The molecule has 0 radical (unpaired) electrons. The van der Waals surface area contributed by atoms with E-state index in [1.807, 2.05) is 12.1 Å². The zero-order chi connectivity index (χ0) is 14.8. The molecule has 2 saturated carbocycles. The molecule has 1 atom stereocenters. The first-order chi connectivity index (χ1) is 10.1. The van der Waals surface area contributed by atoms with Crippen molar-refractivity contribution in [1.82, 2.24) is 10.2 Å². The lowest BCUT2D eigenvalue weighted by Crippen LogP contribution is -2.47. The van der Waals surface area contributed by atoms with Crippen molar-refractivity contribution in [2.24, 2.45) is 5.92 Å².